The first-order valence-electron chi connectivity index (χ1n) is 8.60. The van der Waals surface area contributed by atoms with Gasteiger partial charge in [-0.05, 0) is 64.3 Å². The molecule has 24 heavy (non-hydrogen) atoms. The Hall–Kier alpha value is -2.08. The van der Waals surface area contributed by atoms with Crippen LogP contribution in [-0.2, 0) is 4.79 Å². The lowest BCUT2D eigenvalue weighted by Gasteiger charge is -2.27. The van der Waals surface area contributed by atoms with Crippen molar-refractivity contribution in [1.82, 2.24) is 16.0 Å². The number of urea groups is 1. The number of carbonyl (C=O) groups excluding carboxylic acids is 2. The SMILES string of the molecule is CC(C)(NC(=O)Nc1ccccc1)C(=O)NCCC1CCCNC1. The van der Waals surface area contributed by atoms with E-state index in [1.807, 2.05) is 18.2 Å². The molecule has 1 fully saturated rings. The average molecular weight is 332 g/mol. The highest BCUT2D eigenvalue weighted by molar-refractivity contribution is 5.95. The predicted molar refractivity (Wildman–Crippen MR) is 95.9 cm³/mol. The Labute approximate surface area is 143 Å². The number of nitrogens with one attached hydrogen (secondary N) is 4. The van der Waals surface area contributed by atoms with E-state index in [1.165, 1.54) is 12.8 Å². The van der Waals surface area contributed by atoms with Crippen LogP contribution in [0.1, 0.15) is 33.1 Å². The number of hydrogen-bond acceptors (Lipinski definition) is 3. The van der Waals surface area contributed by atoms with Gasteiger partial charge in [0.2, 0.25) is 5.91 Å². The molecule has 1 unspecified atom stereocenters. The van der Waals surface area contributed by atoms with Gasteiger partial charge in [-0.1, -0.05) is 18.2 Å². The molecule has 0 saturated carbocycles. The van der Waals surface area contributed by atoms with Crippen LogP contribution in [0, 0.1) is 5.92 Å². The standard InChI is InChI=1S/C18H28N4O2/c1-18(2,22-17(24)21-15-8-4-3-5-9-15)16(23)20-12-10-14-7-6-11-19-13-14/h3-5,8-9,14,19H,6-7,10-13H2,1-2H3,(H,20,23)(H2,21,22,24). The predicted octanol–water partition coefficient (Wildman–Crippen LogP) is 2.09. The highest BCUT2D eigenvalue weighted by Crippen LogP contribution is 2.13. The third kappa shape index (κ3) is 5.85. The van der Waals surface area contributed by atoms with Gasteiger partial charge in [0, 0.05) is 12.2 Å². The number of carbonyl (C=O) groups is 2. The highest BCUT2D eigenvalue weighted by atomic mass is 16.2. The minimum Gasteiger partial charge on any atom is -0.354 e. The Bertz CT molecular complexity index is 539. The fourth-order valence-electron chi connectivity index (χ4n) is 2.81. The fraction of sp³-hybridized carbons (Fsp3) is 0.556. The molecule has 3 amide bonds. The second kappa shape index (κ2) is 8.68. The topological polar surface area (TPSA) is 82.3 Å². The molecule has 1 aromatic carbocycles. The summed E-state index contributed by atoms with van der Waals surface area (Å²) in [5.74, 6) is 0.450. The molecular weight excluding hydrogens is 304 g/mol. The Morgan fingerprint density at radius 1 is 1.25 bits per heavy atom. The first-order valence-corrected chi connectivity index (χ1v) is 8.60. The molecule has 0 aliphatic carbocycles. The zero-order valence-corrected chi connectivity index (χ0v) is 14.5. The van der Waals surface area contributed by atoms with Crippen LogP contribution in [0.4, 0.5) is 10.5 Å². The van der Waals surface area contributed by atoms with Crippen molar-refractivity contribution in [2.45, 2.75) is 38.6 Å². The number of benzene rings is 1. The van der Waals surface area contributed by atoms with Gasteiger partial charge in [0.05, 0.1) is 0 Å². The van der Waals surface area contributed by atoms with Gasteiger partial charge >= 0.3 is 6.03 Å². The molecule has 1 atom stereocenters. The van der Waals surface area contributed by atoms with E-state index in [-0.39, 0.29) is 5.91 Å². The monoisotopic (exact) mass is 332 g/mol. The van der Waals surface area contributed by atoms with E-state index in [2.05, 4.69) is 21.3 Å². The molecule has 1 saturated heterocycles. The second-order valence-corrected chi connectivity index (χ2v) is 6.83. The summed E-state index contributed by atoms with van der Waals surface area (Å²) in [6.07, 6.45) is 3.38. The van der Waals surface area contributed by atoms with Crippen LogP contribution in [0.3, 0.4) is 0 Å². The van der Waals surface area contributed by atoms with Gasteiger partial charge in [-0.25, -0.2) is 4.79 Å². The van der Waals surface area contributed by atoms with Crippen LogP contribution in [0.25, 0.3) is 0 Å². The summed E-state index contributed by atoms with van der Waals surface area (Å²) in [7, 11) is 0. The number of rotatable bonds is 6. The van der Waals surface area contributed by atoms with Gasteiger partial charge in [-0.2, -0.15) is 0 Å². The average Bonchev–Trinajstić information content (AvgIpc) is 2.56. The summed E-state index contributed by atoms with van der Waals surface area (Å²) in [6.45, 7) is 6.16. The minimum atomic E-state index is -0.969. The molecule has 0 radical (unpaired) electrons. The number of hydrogen-bond donors (Lipinski definition) is 4. The van der Waals surface area contributed by atoms with Crippen molar-refractivity contribution in [2.75, 3.05) is 25.0 Å². The molecule has 1 aliphatic heterocycles. The van der Waals surface area contributed by atoms with E-state index >= 15 is 0 Å². The van der Waals surface area contributed by atoms with Crippen LogP contribution in [0.5, 0.6) is 0 Å². The third-order valence-corrected chi connectivity index (χ3v) is 4.26. The lowest BCUT2D eigenvalue weighted by atomic mass is 9.96. The van der Waals surface area contributed by atoms with Gasteiger partial charge in [-0.3, -0.25) is 4.79 Å². The molecule has 6 nitrogen and oxygen atoms in total. The van der Waals surface area contributed by atoms with Gasteiger partial charge in [0.25, 0.3) is 0 Å². The maximum absolute atomic E-state index is 12.3. The Balaban J connectivity index is 1.73. The van der Waals surface area contributed by atoms with Crippen molar-refractivity contribution in [1.29, 1.82) is 0 Å². The smallest absolute Gasteiger partial charge is 0.320 e. The summed E-state index contributed by atoms with van der Waals surface area (Å²) in [5.41, 5.74) is -0.278. The summed E-state index contributed by atoms with van der Waals surface area (Å²) in [5, 5.41) is 11.7. The summed E-state index contributed by atoms with van der Waals surface area (Å²) in [4.78, 5) is 24.4. The largest absolute Gasteiger partial charge is 0.354 e. The summed E-state index contributed by atoms with van der Waals surface area (Å²) >= 11 is 0. The summed E-state index contributed by atoms with van der Waals surface area (Å²) in [6, 6.07) is 8.76. The first-order chi connectivity index (χ1) is 11.5. The van der Waals surface area contributed by atoms with E-state index in [1.54, 1.807) is 26.0 Å². The summed E-state index contributed by atoms with van der Waals surface area (Å²) < 4.78 is 0. The zero-order chi connectivity index (χ0) is 17.4. The Morgan fingerprint density at radius 2 is 2.00 bits per heavy atom. The molecule has 0 spiro atoms. The number of anilines is 1. The molecule has 0 bridgehead atoms. The second-order valence-electron chi connectivity index (χ2n) is 6.83. The van der Waals surface area contributed by atoms with Gasteiger partial charge in [0.15, 0.2) is 0 Å². The molecule has 1 heterocycles. The van der Waals surface area contributed by atoms with Crippen molar-refractivity contribution in [3.05, 3.63) is 30.3 Å². The van der Waals surface area contributed by atoms with Gasteiger partial charge < -0.3 is 21.3 Å². The molecule has 132 valence electrons. The van der Waals surface area contributed by atoms with Crippen LogP contribution < -0.4 is 21.3 Å². The molecule has 6 heteroatoms. The molecule has 2 rings (SSSR count). The van der Waals surface area contributed by atoms with E-state index in [9.17, 15) is 9.59 Å². The number of piperidine rings is 1. The van der Waals surface area contributed by atoms with Crippen molar-refractivity contribution >= 4 is 17.6 Å². The van der Waals surface area contributed by atoms with E-state index < -0.39 is 11.6 Å². The Kier molecular flexibility index (Phi) is 6.61. The van der Waals surface area contributed by atoms with Crippen LogP contribution >= 0.6 is 0 Å². The van der Waals surface area contributed by atoms with Gasteiger partial charge in [-0.15, -0.1) is 0 Å². The maximum atomic E-state index is 12.3. The molecule has 4 N–H and O–H groups in total. The third-order valence-electron chi connectivity index (χ3n) is 4.26. The number of para-hydroxylation sites is 1. The van der Waals surface area contributed by atoms with Crippen LogP contribution in [-0.4, -0.2) is 37.1 Å². The molecule has 1 aliphatic rings. The molecular formula is C18H28N4O2. The van der Waals surface area contributed by atoms with E-state index in [0.29, 0.717) is 18.2 Å². The fourth-order valence-corrected chi connectivity index (χ4v) is 2.81. The number of amides is 3. The van der Waals surface area contributed by atoms with Gasteiger partial charge in [0.1, 0.15) is 5.54 Å². The normalized spacial score (nSPS) is 17.8. The quantitative estimate of drug-likeness (QED) is 0.644. The van der Waals surface area contributed by atoms with Crippen LogP contribution in [0.2, 0.25) is 0 Å². The van der Waals surface area contributed by atoms with Crippen molar-refractivity contribution in [3.8, 4) is 0 Å². The highest BCUT2D eigenvalue weighted by Gasteiger charge is 2.29. The van der Waals surface area contributed by atoms with E-state index in [4.69, 9.17) is 0 Å². The van der Waals surface area contributed by atoms with Crippen molar-refractivity contribution < 1.29 is 9.59 Å². The zero-order valence-electron chi connectivity index (χ0n) is 14.5. The minimum absolute atomic E-state index is 0.172. The van der Waals surface area contributed by atoms with E-state index in [0.717, 1.165) is 19.5 Å². The molecule has 1 aromatic rings. The Morgan fingerprint density at radius 3 is 2.67 bits per heavy atom. The lowest BCUT2D eigenvalue weighted by Crippen LogP contribution is -2.56. The lowest BCUT2D eigenvalue weighted by molar-refractivity contribution is -0.126. The molecule has 0 aromatic heterocycles. The van der Waals surface area contributed by atoms with Crippen molar-refractivity contribution in [3.63, 3.8) is 0 Å². The van der Waals surface area contributed by atoms with Crippen molar-refractivity contribution in [2.24, 2.45) is 5.92 Å². The maximum Gasteiger partial charge on any atom is 0.320 e. The first kappa shape index (κ1) is 18.3. The van der Waals surface area contributed by atoms with Crippen LogP contribution in [0.15, 0.2) is 30.3 Å².